The minimum absolute atomic E-state index is 0.124. The largest absolute Gasteiger partial charge is 0.342 e. The smallest absolute Gasteiger partial charge is 0.243 e. The minimum Gasteiger partial charge on any atom is -0.342 e. The molecule has 0 unspecified atom stereocenters. The van der Waals surface area contributed by atoms with Crippen LogP contribution < -0.4 is 0 Å². The lowest BCUT2D eigenvalue weighted by Gasteiger charge is -2.29. The van der Waals surface area contributed by atoms with E-state index in [4.69, 9.17) is 0 Å². The number of amides is 1. The quantitative estimate of drug-likeness (QED) is 0.766. The van der Waals surface area contributed by atoms with E-state index in [1.807, 2.05) is 31.2 Å². The summed E-state index contributed by atoms with van der Waals surface area (Å²) in [6, 6.07) is 16.0. The molecule has 1 amide bonds. The highest BCUT2D eigenvalue weighted by molar-refractivity contribution is 7.89. The molecule has 0 aliphatic carbocycles. The molecule has 1 heterocycles. The lowest BCUT2D eigenvalue weighted by atomic mass is 10.1. The molecule has 2 aromatic carbocycles. The molecule has 0 saturated carbocycles. The topological polar surface area (TPSA) is 57.7 Å². The average molecular weight is 387 g/mol. The van der Waals surface area contributed by atoms with Crippen LogP contribution in [-0.4, -0.2) is 43.2 Å². The Labute approximate surface area is 161 Å². The SMILES string of the molecule is Cc1ccc(CN(CC(=O)N2CCCCC2)S(=O)(=O)c2ccccc2)cc1. The number of carbonyl (C=O) groups is 1. The van der Waals surface area contributed by atoms with Crippen molar-refractivity contribution < 1.29 is 13.2 Å². The number of hydrogen-bond acceptors (Lipinski definition) is 3. The molecule has 144 valence electrons. The summed E-state index contributed by atoms with van der Waals surface area (Å²) in [6.45, 7) is 3.45. The van der Waals surface area contributed by atoms with Gasteiger partial charge in [0, 0.05) is 19.6 Å². The van der Waals surface area contributed by atoms with E-state index >= 15 is 0 Å². The van der Waals surface area contributed by atoms with Crippen LogP contribution >= 0.6 is 0 Å². The number of nitrogens with zero attached hydrogens (tertiary/aromatic N) is 2. The van der Waals surface area contributed by atoms with Gasteiger partial charge in [-0.15, -0.1) is 0 Å². The maximum atomic E-state index is 13.2. The number of hydrogen-bond donors (Lipinski definition) is 0. The second-order valence-electron chi connectivity index (χ2n) is 7.01. The standard InChI is InChI=1S/C21H26N2O3S/c1-18-10-12-19(13-11-18)16-23(17-21(24)22-14-6-3-7-15-22)27(25,26)20-8-4-2-5-9-20/h2,4-5,8-13H,3,6-7,14-17H2,1H3. The summed E-state index contributed by atoms with van der Waals surface area (Å²) in [5.74, 6) is -0.124. The maximum absolute atomic E-state index is 13.2. The van der Waals surface area contributed by atoms with Crippen LogP contribution in [0.2, 0.25) is 0 Å². The molecule has 27 heavy (non-hydrogen) atoms. The van der Waals surface area contributed by atoms with E-state index in [1.165, 1.54) is 4.31 Å². The molecular formula is C21H26N2O3S. The third-order valence-electron chi connectivity index (χ3n) is 4.88. The van der Waals surface area contributed by atoms with Gasteiger partial charge in [-0.2, -0.15) is 4.31 Å². The van der Waals surface area contributed by atoms with Crippen LogP contribution in [0, 0.1) is 6.92 Å². The van der Waals surface area contributed by atoms with Crippen LogP contribution in [0.3, 0.4) is 0 Å². The molecule has 1 fully saturated rings. The maximum Gasteiger partial charge on any atom is 0.243 e. The van der Waals surface area contributed by atoms with E-state index in [2.05, 4.69) is 0 Å². The number of carbonyl (C=O) groups excluding carboxylic acids is 1. The van der Waals surface area contributed by atoms with Crippen molar-refractivity contribution in [3.63, 3.8) is 0 Å². The summed E-state index contributed by atoms with van der Waals surface area (Å²) >= 11 is 0. The molecule has 1 aliphatic rings. The summed E-state index contributed by atoms with van der Waals surface area (Å²) in [5, 5.41) is 0. The fourth-order valence-corrected chi connectivity index (χ4v) is 4.66. The Bertz CT molecular complexity index is 858. The Morgan fingerprint density at radius 2 is 1.59 bits per heavy atom. The molecular weight excluding hydrogens is 360 g/mol. The normalized spacial score (nSPS) is 15.1. The zero-order valence-electron chi connectivity index (χ0n) is 15.7. The van der Waals surface area contributed by atoms with Crippen molar-refractivity contribution in [3.8, 4) is 0 Å². The van der Waals surface area contributed by atoms with E-state index in [0.717, 1.165) is 30.4 Å². The van der Waals surface area contributed by atoms with Gasteiger partial charge in [-0.25, -0.2) is 8.42 Å². The number of likely N-dealkylation sites (tertiary alicyclic amines) is 1. The number of benzene rings is 2. The van der Waals surface area contributed by atoms with Gasteiger partial charge >= 0.3 is 0 Å². The Morgan fingerprint density at radius 3 is 2.22 bits per heavy atom. The highest BCUT2D eigenvalue weighted by Gasteiger charge is 2.29. The van der Waals surface area contributed by atoms with Crippen LogP contribution in [0.1, 0.15) is 30.4 Å². The Balaban J connectivity index is 1.85. The number of piperidine rings is 1. The summed E-state index contributed by atoms with van der Waals surface area (Å²) in [4.78, 5) is 14.7. The molecule has 2 aromatic rings. The molecule has 0 bridgehead atoms. The molecule has 0 N–H and O–H groups in total. The van der Waals surface area contributed by atoms with Crippen LogP contribution in [-0.2, 0) is 21.4 Å². The summed E-state index contributed by atoms with van der Waals surface area (Å²) < 4.78 is 27.6. The van der Waals surface area contributed by atoms with Crippen LogP contribution in [0.5, 0.6) is 0 Å². The number of aryl methyl sites for hydroxylation is 1. The predicted octanol–water partition coefficient (Wildman–Crippen LogP) is 3.20. The lowest BCUT2D eigenvalue weighted by molar-refractivity contribution is -0.132. The first-order valence-electron chi connectivity index (χ1n) is 9.35. The third kappa shape index (κ3) is 4.96. The fraction of sp³-hybridized carbons (Fsp3) is 0.381. The summed E-state index contributed by atoms with van der Waals surface area (Å²) in [7, 11) is -3.76. The minimum atomic E-state index is -3.76. The average Bonchev–Trinajstić information content (AvgIpc) is 2.70. The van der Waals surface area contributed by atoms with Gasteiger partial charge in [0.2, 0.25) is 15.9 Å². The molecule has 5 nitrogen and oxygen atoms in total. The van der Waals surface area contributed by atoms with Gasteiger partial charge in [0.25, 0.3) is 0 Å². The van der Waals surface area contributed by atoms with Crippen LogP contribution in [0.25, 0.3) is 0 Å². The van der Waals surface area contributed by atoms with E-state index < -0.39 is 10.0 Å². The van der Waals surface area contributed by atoms with Crippen molar-refractivity contribution in [2.75, 3.05) is 19.6 Å². The number of sulfonamides is 1. The van der Waals surface area contributed by atoms with Crippen molar-refractivity contribution in [2.45, 2.75) is 37.6 Å². The first kappa shape index (κ1) is 19.6. The number of rotatable bonds is 6. The Kier molecular flexibility index (Phi) is 6.29. The van der Waals surface area contributed by atoms with Crippen molar-refractivity contribution in [3.05, 3.63) is 65.7 Å². The fourth-order valence-electron chi connectivity index (χ4n) is 3.26. The van der Waals surface area contributed by atoms with Gasteiger partial charge in [-0.3, -0.25) is 4.79 Å². The summed E-state index contributed by atoms with van der Waals surface area (Å²) in [5.41, 5.74) is 1.98. The summed E-state index contributed by atoms with van der Waals surface area (Å²) in [6.07, 6.45) is 3.09. The molecule has 0 spiro atoms. The first-order chi connectivity index (χ1) is 13.0. The molecule has 1 saturated heterocycles. The third-order valence-corrected chi connectivity index (χ3v) is 6.69. The molecule has 6 heteroatoms. The van der Waals surface area contributed by atoms with Gasteiger partial charge in [0.05, 0.1) is 11.4 Å². The van der Waals surface area contributed by atoms with E-state index in [9.17, 15) is 13.2 Å². The molecule has 3 rings (SSSR count). The molecule has 0 radical (unpaired) electrons. The second kappa shape index (κ2) is 8.67. The lowest BCUT2D eigenvalue weighted by Crippen LogP contribution is -2.44. The first-order valence-corrected chi connectivity index (χ1v) is 10.8. The van der Waals surface area contributed by atoms with Crippen molar-refractivity contribution >= 4 is 15.9 Å². The Hall–Kier alpha value is -2.18. The highest BCUT2D eigenvalue weighted by atomic mass is 32.2. The zero-order chi connectivity index (χ0) is 19.3. The van der Waals surface area contributed by atoms with E-state index in [-0.39, 0.29) is 23.9 Å². The van der Waals surface area contributed by atoms with E-state index in [1.54, 1.807) is 35.2 Å². The van der Waals surface area contributed by atoms with Gasteiger partial charge in [-0.05, 0) is 43.9 Å². The molecule has 1 aliphatic heterocycles. The molecule has 0 aromatic heterocycles. The monoisotopic (exact) mass is 386 g/mol. The second-order valence-corrected chi connectivity index (χ2v) is 8.95. The van der Waals surface area contributed by atoms with Crippen LogP contribution in [0.15, 0.2) is 59.5 Å². The van der Waals surface area contributed by atoms with Gasteiger partial charge in [0.15, 0.2) is 0 Å². The van der Waals surface area contributed by atoms with Crippen molar-refractivity contribution in [1.29, 1.82) is 0 Å². The predicted molar refractivity (Wildman–Crippen MR) is 106 cm³/mol. The van der Waals surface area contributed by atoms with Crippen molar-refractivity contribution in [2.24, 2.45) is 0 Å². The van der Waals surface area contributed by atoms with Crippen LogP contribution in [0.4, 0.5) is 0 Å². The van der Waals surface area contributed by atoms with Gasteiger partial charge in [0.1, 0.15) is 0 Å². The van der Waals surface area contributed by atoms with Gasteiger partial charge < -0.3 is 4.90 Å². The molecule has 0 atom stereocenters. The van der Waals surface area contributed by atoms with Gasteiger partial charge in [-0.1, -0.05) is 48.0 Å². The van der Waals surface area contributed by atoms with E-state index in [0.29, 0.717) is 13.1 Å². The Morgan fingerprint density at radius 1 is 0.963 bits per heavy atom. The van der Waals surface area contributed by atoms with Crippen molar-refractivity contribution in [1.82, 2.24) is 9.21 Å². The highest BCUT2D eigenvalue weighted by Crippen LogP contribution is 2.19. The zero-order valence-corrected chi connectivity index (χ0v) is 16.5.